The van der Waals surface area contributed by atoms with Gasteiger partial charge in [-0.15, -0.1) is 0 Å². The molecule has 1 heterocycles. The third kappa shape index (κ3) is 2.51. The lowest BCUT2D eigenvalue weighted by atomic mass is 10.1. The zero-order chi connectivity index (χ0) is 14.1. The van der Waals surface area contributed by atoms with Crippen molar-refractivity contribution in [3.8, 4) is 0 Å². The van der Waals surface area contributed by atoms with E-state index in [1.165, 1.54) is 20.8 Å². The van der Waals surface area contributed by atoms with Gasteiger partial charge in [0.05, 0.1) is 13.7 Å². The Hall–Kier alpha value is -1.89. The Labute approximate surface area is 103 Å². The number of H-pyrrole nitrogens is 1. The van der Waals surface area contributed by atoms with Gasteiger partial charge in [-0.25, -0.2) is 9.48 Å². The number of carbonyl (C=O) groups excluding carboxylic acids is 1. The summed E-state index contributed by atoms with van der Waals surface area (Å²) in [5, 5.41) is 12.2. The fourth-order valence-electron chi connectivity index (χ4n) is 1.49. The lowest BCUT2D eigenvalue weighted by Gasteiger charge is -2.21. The van der Waals surface area contributed by atoms with Crippen molar-refractivity contribution in [2.45, 2.75) is 32.9 Å². The highest BCUT2D eigenvalue weighted by molar-refractivity contribution is 5.78. The zero-order valence-corrected chi connectivity index (χ0v) is 10.7. The van der Waals surface area contributed by atoms with Crippen LogP contribution < -0.4 is 11.1 Å². The van der Waals surface area contributed by atoms with E-state index in [1.54, 1.807) is 0 Å². The van der Waals surface area contributed by atoms with Gasteiger partial charge in [0, 0.05) is 11.1 Å². The van der Waals surface area contributed by atoms with Crippen LogP contribution in [0, 0.1) is 13.8 Å². The molecule has 0 spiro atoms. The molecular weight excluding hydrogens is 240 g/mol. The van der Waals surface area contributed by atoms with E-state index >= 15 is 0 Å². The Bertz CT molecular complexity index is 582. The number of carbonyl (C=O) groups is 1. The largest absolute Gasteiger partial charge is 0.467 e. The molecule has 1 atom stereocenters. The van der Waals surface area contributed by atoms with Crippen molar-refractivity contribution in [1.29, 1.82) is 0 Å². The maximum absolute atomic E-state index is 11.9. The highest BCUT2D eigenvalue weighted by Gasteiger charge is 2.33. The van der Waals surface area contributed by atoms with E-state index in [9.17, 15) is 19.5 Å². The first kappa shape index (κ1) is 14.2. The highest BCUT2D eigenvalue weighted by Crippen LogP contribution is 2.07. The number of ether oxygens (including phenoxy) is 1. The van der Waals surface area contributed by atoms with E-state index in [0.29, 0.717) is 5.56 Å². The molecule has 0 radical (unpaired) electrons. The second kappa shape index (κ2) is 4.77. The van der Waals surface area contributed by atoms with Crippen molar-refractivity contribution in [2.75, 3.05) is 7.11 Å². The first-order valence-corrected chi connectivity index (χ1v) is 5.32. The van der Waals surface area contributed by atoms with Crippen molar-refractivity contribution >= 4 is 5.97 Å². The molecule has 1 rings (SSSR count). The fourth-order valence-corrected chi connectivity index (χ4v) is 1.49. The average molecular weight is 256 g/mol. The number of methoxy groups -OCH3 is 1. The Balaban J connectivity index is 3.26. The minimum Gasteiger partial charge on any atom is -0.467 e. The van der Waals surface area contributed by atoms with Gasteiger partial charge in [0.15, 0.2) is 5.60 Å². The Kier molecular flexibility index (Phi) is 3.76. The standard InChI is InChI=1S/C11H16N2O5/c1-6-7(2)9(15)13(12-8(6)14)5-11(3,17)10(16)18-4/h17H,5H2,1-4H3,(H,12,14). The van der Waals surface area contributed by atoms with Gasteiger partial charge < -0.3 is 9.84 Å². The number of rotatable bonds is 3. The van der Waals surface area contributed by atoms with Crippen LogP contribution in [-0.2, 0) is 16.1 Å². The summed E-state index contributed by atoms with van der Waals surface area (Å²) in [7, 11) is 1.13. The van der Waals surface area contributed by atoms with Crippen LogP contribution in [0.1, 0.15) is 18.1 Å². The third-order valence-electron chi connectivity index (χ3n) is 2.80. The normalized spacial score (nSPS) is 14.1. The van der Waals surface area contributed by atoms with Gasteiger partial charge >= 0.3 is 5.97 Å². The summed E-state index contributed by atoms with van der Waals surface area (Å²) in [4.78, 5) is 34.7. The minimum absolute atomic E-state index is 0.277. The van der Waals surface area contributed by atoms with Crippen LogP contribution in [0.2, 0.25) is 0 Å². The van der Waals surface area contributed by atoms with Gasteiger partial charge in [-0.05, 0) is 20.8 Å². The van der Waals surface area contributed by atoms with Crippen LogP contribution in [0.25, 0.3) is 0 Å². The number of aliphatic hydroxyl groups is 1. The minimum atomic E-state index is -1.89. The van der Waals surface area contributed by atoms with Gasteiger partial charge in [0.25, 0.3) is 11.1 Å². The number of nitrogens with zero attached hydrogens (tertiary/aromatic N) is 1. The maximum Gasteiger partial charge on any atom is 0.339 e. The zero-order valence-electron chi connectivity index (χ0n) is 10.7. The first-order valence-electron chi connectivity index (χ1n) is 5.32. The summed E-state index contributed by atoms with van der Waals surface area (Å²) in [6, 6.07) is 0. The molecule has 1 aromatic rings. The van der Waals surface area contributed by atoms with E-state index in [-0.39, 0.29) is 12.1 Å². The predicted octanol–water partition coefficient (Wildman–Crippen LogP) is -0.923. The topological polar surface area (TPSA) is 101 Å². The molecule has 2 N–H and O–H groups in total. The first-order chi connectivity index (χ1) is 8.20. The summed E-state index contributed by atoms with van der Waals surface area (Å²) in [5.74, 6) is -0.881. The molecule has 0 aromatic carbocycles. The summed E-state index contributed by atoms with van der Waals surface area (Å²) < 4.78 is 5.32. The Morgan fingerprint density at radius 3 is 2.44 bits per heavy atom. The van der Waals surface area contributed by atoms with Crippen molar-refractivity contribution in [2.24, 2.45) is 0 Å². The van der Waals surface area contributed by atoms with Crippen molar-refractivity contribution < 1.29 is 14.6 Å². The highest BCUT2D eigenvalue weighted by atomic mass is 16.5. The Morgan fingerprint density at radius 2 is 1.94 bits per heavy atom. The van der Waals surface area contributed by atoms with Crippen LogP contribution >= 0.6 is 0 Å². The third-order valence-corrected chi connectivity index (χ3v) is 2.80. The average Bonchev–Trinajstić information content (AvgIpc) is 2.31. The molecule has 0 saturated heterocycles. The number of hydrogen-bond acceptors (Lipinski definition) is 5. The molecular formula is C11H16N2O5. The molecule has 1 aromatic heterocycles. The van der Waals surface area contributed by atoms with Crippen LogP contribution in [0.5, 0.6) is 0 Å². The maximum atomic E-state index is 11.9. The molecule has 18 heavy (non-hydrogen) atoms. The van der Waals surface area contributed by atoms with Crippen LogP contribution in [-0.4, -0.2) is 33.6 Å². The molecule has 0 aliphatic heterocycles. The number of aromatic amines is 1. The number of hydrogen-bond donors (Lipinski definition) is 2. The SMILES string of the molecule is COC(=O)C(C)(O)Cn1[nH]c(=O)c(C)c(C)c1=O. The van der Waals surface area contributed by atoms with Gasteiger partial charge in [-0.3, -0.25) is 14.7 Å². The van der Waals surface area contributed by atoms with Crippen molar-refractivity contribution in [3.63, 3.8) is 0 Å². The van der Waals surface area contributed by atoms with Gasteiger partial charge in [0.1, 0.15) is 0 Å². The summed E-state index contributed by atoms with van der Waals surface area (Å²) in [6.07, 6.45) is 0. The van der Waals surface area contributed by atoms with E-state index in [2.05, 4.69) is 9.84 Å². The molecule has 0 amide bonds. The molecule has 7 nitrogen and oxygen atoms in total. The molecule has 0 bridgehead atoms. The number of esters is 1. The summed E-state index contributed by atoms with van der Waals surface area (Å²) in [5.41, 5.74) is -2.19. The van der Waals surface area contributed by atoms with E-state index in [0.717, 1.165) is 11.8 Å². The smallest absolute Gasteiger partial charge is 0.339 e. The molecule has 0 fully saturated rings. The van der Waals surface area contributed by atoms with Crippen molar-refractivity contribution in [1.82, 2.24) is 9.78 Å². The second-order valence-corrected chi connectivity index (χ2v) is 4.35. The van der Waals surface area contributed by atoms with Crippen LogP contribution in [0.3, 0.4) is 0 Å². The van der Waals surface area contributed by atoms with Crippen molar-refractivity contribution in [3.05, 3.63) is 31.8 Å². The van der Waals surface area contributed by atoms with E-state index in [4.69, 9.17) is 0 Å². The monoisotopic (exact) mass is 256 g/mol. The lowest BCUT2D eigenvalue weighted by Crippen LogP contribution is -2.46. The predicted molar refractivity (Wildman–Crippen MR) is 63.4 cm³/mol. The summed E-state index contributed by atoms with van der Waals surface area (Å²) in [6.45, 7) is 3.86. The molecule has 1 unspecified atom stereocenters. The molecule has 0 aliphatic carbocycles. The quantitative estimate of drug-likeness (QED) is 0.681. The molecule has 7 heteroatoms. The molecule has 0 aliphatic rings. The fraction of sp³-hybridized carbons (Fsp3) is 0.545. The van der Waals surface area contributed by atoms with E-state index in [1.807, 2.05) is 0 Å². The summed E-state index contributed by atoms with van der Waals surface area (Å²) >= 11 is 0. The molecule has 100 valence electrons. The van der Waals surface area contributed by atoms with Gasteiger partial charge in [-0.2, -0.15) is 0 Å². The van der Waals surface area contributed by atoms with Crippen LogP contribution in [0.15, 0.2) is 9.59 Å². The number of nitrogens with one attached hydrogen (secondary N) is 1. The number of aromatic nitrogens is 2. The lowest BCUT2D eigenvalue weighted by molar-refractivity contribution is -0.162. The van der Waals surface area contributed by atoms with Gasteiger partial charge in [-0.1, -0.05) is 0 Å². The second-order valence-electron chi connectivity index (χ2n) is 4.35. The van der Waals surface area contributed by atoms with Crippen LogP contribution in [0.4, 0.5) is 0 Å². The Morgan fingerprint density at radius 1 is 1.39 bits per heavy atom. The molecule has 0 saturated carbocycles. The van der Waals surface area contributed by atoms with Gasteiger partial charge in [0.2, 0.25) is 0 Å². The van der Waals surface area contributed by atoms with E-state index < -0.39 is 22.7 Å².